The number of carbonyl (C=O) groups is 1. The Kier molecular flexibility index (Phi) is 3.05. The molecule has 4 heteroatoms. The van der Waals surface area contributed by atoms with E-state index in [9.17, 15) is 4.79 Å². The Bertz CT molecular complexity index is 162. The molecule has 4 nitrogen and oxygen atoms in total. The molecule has 0 unspecified atom stereocenters. The summed E-state index contributed by atoms with van der Waals surface area (Å²) in [6.07, 6.45) is 0.217. The lowest BCUT2D eigenvalue weighted by molar-refractivity contribution is -0.137. The molecule has 70 valence electrons. The number of piperazine rings is 1. The molecule has 0 aromatic heterocycles. The third-order valence-electron chi connectivity index (χ3n) is 2.06. The third kappa shape index (κ3) is 2.79. The van der Waals surface area contributed by atoms with E-state index in [0.717, 1.165) is 13.1 Å². The highest BCUT2D eigenvalue weighted by molar-refractivity contribution is 5.67. The van der Waals surface area contributed by atoms with Crippen molar-refractivity contribution in [1.82, 2.24) is 10.2 Å². The Hall–Kier alpha value is -0.610. The van der Waals surface area contributed by atoms with E-state index in [1.165, 1.54) is 0 Å². The number of carboxylic acid groups (broad SMARTS) is 1. The average molecular weight is 172 g/mol. The van der Waals surface area contributed by atoms with Gasteiger partial charge in [0.1, 0.15) is 0 Å². The molecule has 1 saturated heterocycles. The zero-order valence-corrected chi connectivity index (χ0v) is 7.58. The van der Waals surface area contributed by atoms with Crippen LogP contribution in [0.15, 0.2) is 0 Å². The molecule has 1 fully saturated rings. The van der Waals surface area contributed by atoms with Crippen LogP contribution in [0.4, 0.5) is 0 Å². The van der Waals surface area contributed by atoms with Crippen molar-refractivity contribution in [3.05, 3.63) is 0 Å². The van der Waals surface area contributed by atoms with E-state index in [0.29, 0.717) is 6.04 Å². The van der Waals surface area contributed by atoms with Crippen LogP contribution in [0.25, 0.3) is 0 Å². The van der Waals surface area contributed by atoms with Crippen molar-refractivity contribution in [3.63, 3.8) is 0 Å². The number of aliphatic carboxylic acids is 1. The molecule has 0 aromatic rings. The molecule has 1 aliphatic heterocycles. The lowest BCUT2D eigenvalue weighted by atomic mass is 10.1. The van der Waals surface area contributed by atoms with E-state index in [2.05, 4.69) is 17.1 Å². The van der Waals surface area contributed by atoms with Gasteiger partial charge in [0.25, 0.3) is 0 Å². The van der Waals surface area contributed by atoms with Crippen molar-refractivity contribution in [2.24, 2.45) is 0 Å². The molecular formula is C8H16N2O2. The van der Waals surface area contributed by atoms with Gasteiger partial charge in [-0.3, -0.25) is 4.79 Å². The highest BCUT2D eigenvalue weighted by Crippen LogP contribution is 2.04. The molecule has 0 bridgehead atoms. The topological polar surface area (TPSA) is 52.6 Å². The molecule has 0 spiro atoms. The van der Waals surface area contributed by atoms with Gasteiger partial charge in [-0.1, -0.05) is 0 Å². The molecule has 2 N–H and O–H groups in total. The van der Waals surface area contributed by atoms with Gasteiger partial charge in [-0.15, -0.1) is 0 Å². The predicted molar refractivity (Wildman–Crippen MR) is 46.1 cm³/mol. The van der Waals surface area contributed by atoms with Gasteiger partial charge < -0.3 is 15.3 Å². The van der Waals surface area contributed by atoms with Crippen LogP contribution in [-0.2, 0) is 4.79 Å². The van der Waals surface area contributed by atoms with Crippen molar-refractivity contribution in [1.29, 1.82) is 0 Å². The lowest BCUT2D eigenvalue weighted by Crippen LogP contribution is -2.54. The SMILES string of the molecule is C[C@H]1CN(C)C[C@@H](CC(=O)O)N1. The minimum atomic E-state index is -0.727. The highest BCUT2D eigenvalue weighted by Gasteiger charge is 2.22. The van der Waals surface area contributed by atoms with Gasteiger partial charge >= 0.3 is 5.97 Å². The van der Waals surface area contributed by atoms with Gasteiger partial charge in [-0.25, -0.2) is 0 Å². The van der Waals surface area contributed by atoms with E-state index in [1.54, 1.807) is 0 Å². The van der Waals surface area contributed by atoms with Crippen molar-refractivity contribution >= 4 is 5.97 Å². The fraction of sp³-hybridized carbons (Fsp3) is 0.875. The Morgan fingerprint density at radius 1 is 1.67 bits per heavy atom. The Morgan fingerprint density at radius 3 is 2.83 bits per heavy atom. The molecule has 0 aliphatic carbocycles. The number of carboxylic acids is 1. The van der Waals surface area contributed by atoms with Gasteiger partial charge in [0.15, 0.2) is 0 Å². The number of hydrogen-bond donors (Lipinski definition) is 2. The Labute approximate surface area is 72.6 Å². The van der Waals surface area contributed by atoms with Crippen LogP contribution in [0.1, 0.15) is 13.3 Å². The quantitative estimate of drug-likeness (QED) is 0.603. The molecule has 2 atom stereocenters. The number of rotatable bonds is 2. The zero-order chi connectivity index (χ0) is 9.14. The van der Waals surface area contributed by atoms with E-state index in [4.69, 9.17) is 5.11 Å². The molecule has 1 rings (SSSR count). The Balaban J connectivity index is 2.38. The van der Waals surface area contributed by atoms with Gasteiger partial charge in [0, 0.05) is 25.2 Å². The summed E-state index contributed by atoms with van der Waals surface area (Å²) in [5.74, 6) is -0.727. The largest absolute Gasteiger partial charge is 0.481 e. The maximum Gasteiger partial charge on any atom is 0.304 e. The van der Waals surface area contributed by atoms with Gasteiger partial charge in [-0.05, 0) is 14.0 Å². The lowest BCUT2D eigenvalue weighted by Gasteiger charge is -2.34. The third-order valence-corrected chi connectivity index (χ3v) is 2.06. The first-order valence-electron chi connectivity index (χ1n) is 4.24. The second-order valence-electron chi connectivity index (χ2n) is 3.58. The van der Waals surface area contributed by atoms with Crippen LogP contribution >= 0.6 is 0 Å². The monoisotopic (exact) mass is 172 g/mol. The van der Waals surface area contributed by atoms with Crippen LogP contribution in [0.3, 0.4) is 0 Å². The van der Waals surface area contributed by atoms with Crippen LogP contribution in [0.2, 0.25) is 0 Å². The number of likely N-dealkylation sites (N-methyl/N-ethyl adjacent to an activating group) is 1. The first-order valence-corrected chi connectivity index (χ1v) is 4.24. The maximum atomic E-state index is 10.4. The highest BCUT2D eigenvalue weighted by atomic mass is 16.4. The normalized spacial score (nSPS) is 31.8. The summed E-state index contributed by atoms with van der Waals surface area (Å²) >= 11 is 0. The molecule has 0 aromatic carbocycles. The first kappa shape index (κ1) is 9.48. The van der Waals surface area contributed by atoms with Crippen molar-refractivity contribution in [2.75, 3.05) is 20.1 Å². The number of nitrogens with zero attached hydrogens (tertiary/aromatic N) is 1. The summed E-state index contributed by atoms with van der Waals surface area (Å²) in [7, 11) is 2.02. The maximum absolute atomic E-state index is 10.4. The minimum absolute atomic E-state index is 0.108. The first-order chi connectivity index (χ1) is 5.58. The fourth-order valence-corrected chi connectivity index (χ4v) is 1.76. The number of nitrogens with one attached hydrogen (secondary N) is 1. The van der Waals surface area contributed by atoms with Crippen LogP contribution in [0.5, 0.6) is 0 Å². The van der Waals surface area contributed by atoms with Gasteiger partial charge in [0.05, 0.1) is 6.42 Å². The summed E-state index contributed by atoms with van der Waals surface area (Å²) in [6, 6.07) is 0.504. The summed E-state index contributed by atoms with van der Waals surface area (Å²) in [6.45, 7) is 3.90. The average Bonchev–Trinajstić information content (AvgIpc) is 1.81. The second-order valence-corrected chi connectivity index (χ2v) is 3.58. The Morgan fingerprint density at radius 2 is 2.33 bits per heavy atom. The predicted octanol–water partition coefficient (Wildman–Crippen LogP) is -0.247. The molecule has 1 heterocycles. The molecule has 0 saturated carbocycles. The van der Waals surface area contributed by atoms with E-state index < -0.39 is 5.97 Å². The summed E-state index contributed by atoms with van der Waals surface area (Å²) in [4.78, 5) is 12.6. The summed E-state index contributed by atoms with van der Waals surface area (Å²) in [5.41, 5.74) is 0. The summed E-state index contributed by atoms with van der Waals surface area (Å²) in [5, 5.41) is 11.8. The summed E-state index contributed by atoms with van der Waals surface area (Å²) < 4.78 is 0. The van der Waals surface area contributed by atoms with E-state index in [-0.39, 0.29) is 12.5 Å². The van der Waals surface area contributed by atoms with Crippen LogP contribution in [0, 0.1) is 0 Å². The van der Waals surface area contributed by atoms with E-state index >= 15 is 0 Å². The molecule has 12 heavy (non-hydrogen) atoms. The van der Waals surface area contributed by atoms with Crippen molar-refractivity contribution < 1.29 is 9.90 Å². The van der Waals surface area contributed by atoms with Crippen molar-refractivity contribution in [3.8, 4) is 0 Å². The smallest absolute Gasteiger partial charge is 0.304 e. The van der Waals surface area contributed by atoms with E-state index in [1.807, 2.05) is 7.05 Å². The van der Waals surface area contributed by atoms with Crippen molar-refractivity contribution in [2.45, 2.75) is 25.4 Å². The van der Waals surface area contributed by atoms with Crippen LogP contribution < -0.4 is 5.32 Å². The zero-order valence-electron chi connectivity index (χ0n) is 7.58. The fourth-order valence-electron chi connectivity index (χ4n) is 1.76. The number of hydrogen-bond acceptors (Lipinski definition) is 3. The molecule has 0 amide bonds. The molecular weight excluding hydrogens is 156 g/mol. The standard InChI is InChI=1S/C8H16N2O2/c1-6-4-10(2)5-7(9-6)3-8(11)12/h6-7,9H,3-5H2,1-2H3,(H,11,12)/t6-,7+/m0/s1. The van der Waals surface area contributed by atoms with Gasteiger partial charge in [-0.2, -0.15) is 0 Å². The minimum Gasteiger partial charge on any atom is -0.481 e. The van der Waals surface area contributed by atoms with Crippen LogP contribution in [-0.4, -0.2) is 48.2 Å². The van der Waals surface area contributed by atoms with Gasteiger partial charge in [0.2, 0.25) is 0 Å². The second kappa shape index (κ2) is 3.87. The molecule has 1 aliphatic rings. The molecule has 0 radical (unpaired) electrons.